The number of halogens is 2. The van der Waals surface area contributed by atoms with Crippen LogP contribution in [-0.2, 0) is 0 Å². The Labute approximate surface area is 106 Å². The molecule has 1 aromatic rings. The van der Waals surface area contributed by atoms with Crippen molar-refractivity contribution in [3.05, 3.63) is 29.8 Å². The highest BCUT2D eigenvalue weighted by molar-refractivity contribution is 5.24. The standard InChI is InChI=1S/C14H19F2NO/c1-17-13(10-4-2-3-5-10)9-18-14-8-11(15)6-7-12(14)16/h6-8,10,13,17H,2-5,9H2,1H3. The predicted octanol–water partition coefficient (Wildman–Crippen LogP) is 3.12. The molecule has 1 aliphatic carbocycles. The van der Waals surface area contributed by atoms with Crippen LogP contribution in [0.15, 0.2) is 18.2 Å². The highest BCUT2D eigenvalue weighted by atomic mass is 19.1. The molecule has 2 rings (SSSR count). The van der Waals surface area contributed by atoms with E-state index in [0.29, 0.717) is 12.5 Å². The Hall–Kier alpha value is -1.16. The average molecular weight is 255 g/mol. The number of nitrogens with one attached hydrogen (secondary N) is 1. The highest BCUT2D eigenvalue weighted by Crippen LogP contribution is 2.28. The largest absolute Gasteiger partial charge is 0.489 e. The third-order valence-corrected chi connectivity index (χ3v) is 3.65. The van der Waals surface area contributed by atoms with Gasteiger partial charge in [-0.1, -0.05) is 12.8 Å². The summed E-state index contributed by atoms with van der Waals surface area (Å²) in [5, 5.41) is 3.21. The molecule has 100 valence electrons. The van der Waals surface area contributed by atoms with Gasteiger partial charge in [-0.2, -0.15) is 0 Å². The van der Waals surface area contributed by atoms with E-state index in [-0.39, 0.29) is 11.8 Å². The monoisotopic (exact) mass is 255 g/mol. The van der Waals surface area contributed by atoms with E-state index in [2.05, 4.69) is 5.32 Å². The zero-order valence-corrected chi connectivity index (χ0v) is 10.6. The number of benzene rings is 1. The van der Waals surface area contributed by atoms with Gasteiger partial charge in [0.05, 0.1) is 0 Å². The molecule has 1 saturated carbocycles. The van der Waals surface area contributed by atoms with E-state index in [4.69, 9.17) is 4.74 Å². The Kier molecular flexibility index (Phi) is 4.53. The van der Waals surface area contributed by atoms with Crippen LogP contribution in [0, 0.1) is 17.6 Å². The smallest absolute Gasteiger partial charge is 0.165 e. The molecule has 1 fully saturated rings. The molecule has 0 saturated heterocycles. The van der Waals surface area contributed by atoms with Gasteiger partial charge in [-0.3, -0.25) is 0 Å². The number of rotatable bonds is 5. The lowest BCUT2D eigenvalue weighted by atomic mass is 9.99. The molecule has 2 nitrogen and oxygen atoms in total. The van der Waals surface area contributed by atoms with Crippen molar-refractivity contribution in [3.63, 3.8) is 0 Å². The molecular formula is C14H19F2NO. The van der Waals surface area contributed by atoms with Gasteiger partial charge in [0.1, 0.15) is 12.4 Å². The van der Waals surface area contributed by atoms with E-state index in [0.717, 1.165) is 18.2 Å². The molecule has 4 heteroatoms. The van der Waals surface area contributed by atoms with E-state index < -0.39 is 11.6 Å². The summed E-state index contributed by atoms with van der Waals surface area (Å²) < 4.78 is 31.8. The molecule has 1 N–H and O–H groups in total. The average Bonchev–Trinajstić information content (AvgIpc) is 2.88. The summed E-state index contributed by atoms with van der Waals surface area (Å²) >= 11 is 0. The van der Waals surface area contributed by atoms with Crippen LogP contribution in [0.25, 0.3) is 0 Å². The van der Waals surface area contributed by atoms with Crippen molar-refractivity contribution in [2.75, 3.05) is 13.7 Å². The van der Waals surface area contributed by atoms with Gasteiger partial charge in [0.2, 0.25) is 0 Å². The zero-order chi connectivity index (χ0) is 13.0. The topological polar surface area (TPSA) is 21.3 Å². The molecule has 1 atom stereocenters. The first-order chi connectivity index (χ1) is 8.70. The summed E-state index contributed by atoms with van der Waals surface area (Å²) in [6, 6.07) is 3.48. The lowest BCUT2D eigenvalue weighted by Gasteiger charge is -2.23. The van der Waals surface area contributed by atoms with E-state index in [9.17, 15) is 8.78 Å². The summed E-state index contributed by atoms with van der Waals surface area (Å²) in [6.45, 7) is 0.377. The van der Waals surface area contributed by atoms with Crippen molar-refractivity contribution in [3.8, 4) is 5.75 Å². The third kappa shape index (κ3) is 3.19. The van der Waals surface area contributed by atoms with Gasteiger partial charge in [0.15, 0.2) is 11.6 Å². The fourth-order valence-electron chi connectivity index (χ4n) is 2.58. The Morgan fingerprint density at radius 1 is 1.33 bits per heavy atom. The van der Waals surface area contributed by atoms with Gasteiger partial charge in [0.25, 0.3) is 0 Å². The maximum absolute atomic E-state index is 13.4. The molecule has 1 unspecified atom stereocenters. The fourth-order valence-corrected chi connectivity index (χ4v) is 2.58. The second-order valence-electron chi connectivity index (χ2n) is 4.83. The molecule has 0 aromatic heterocycles. The zero-order valence-electron chi connectivity index (χ0n) is 10.6. The minimum Gasteiger partial charge on any atom is -0.489 e. The maximum Gasteiger partial charge on any atom is 0.165 e. The van der Waals surface area contributed by atoms with Gasteiger partial charge >= 0.3 is 0 Å². The van der Waals surface area contributed by atoms with Gasteiger partial charge in [-0.25, -0.2) is 8.78 Å². The van der Waals surface area contributed by atoms with Gasteiger partial charge in [-0.15, -0.1) is 0 Å². The normalized spacial score (nSPS) is 17.9. The maximum atomic E-state index is 13.4. The van der Waals surface area contributed by atoms with Crippen molar-refractivity contribution in [2.24, 2.45) is 5.92 Å². The van der Waals surface area contributed by atoms with Crippen LogP contribution >= 0.6 is 0 Å². The third-order valence-electron chi connectivity index (χ3n) is 3.65. The quantitative estimate of drug-likeness (QED) is 0.872. The van der Waals surface area contributed by atoms with Crippen LogP contribution in [0.1, 0.15) is 25.7 Å². The van der Waals surface area contributed by atoms with Crippen LogP contribution in [0.2, 0.25) is 0 Å². The lowest BCUT2D eigenvalue weighted by Crippen LogP contribution is -2.37. The Morgan fingerprint density at radius 2 is 2.06 bits per heavy atom. The minimum atomic E-state index is -0.516. The molecule has 1 aromatic carbocycles. The lowest BCUT2D eigenvalue weighted by molar-refractivity contribution is 0.217. The molecule has 18 heavy (non-hydrogen) atoms. The van der Waals surface area contributed by atoms with Crippen LogP contribution in [0.3, 0.4) is 0 Å². The first kappa shape index (κ1) is 13.3. The van der Waals surface area contributed by atoms with Crippen molar-refractivity contribution < 1.29 is 13.5 Å². The van der Waals surface area contributed by atoms with Crippen LogP contribution < -0.4 is 10.1 Å². The van der Waals surface area contributed by atoms with Crippen molar-refractivity contribution in [1.29, 1.82) is 0 Å². The second-order valence-corrected chi connectivity index (χ2v) is 4.83. The van der Waals surface area contributed by atoms with E-state index in [1.165, 1.54) is 25.7 Å². The predicted molar refractivity (Wildman–Crippen MR) is 66.7 cm³/mol. The van der Waals surface area contributed by atoms with Crippen LogP contribution in [0.5, 0.6) is 5.75 Å². The Morgan fingerprint density at radius 3 is 2.72 bits per heavy atom. The van der Waals surface area contributed by atoms with E-state index in [1.54, 1.807) is 0 Å². The first-order valence-electron chi connectivity index (χ1n) is 6.46. The summed E-state index contributed by atoms with van der Waals surface area (Å²) in [4.78, 5) is 0. The Balaban J connectivity index is 1.94. The summed E-state index contributed by atoms with van der Waals surface area (Å²) in [7, 11) is 1.88. The van der Waals surface area contributed by atoms with E-state index >= 15 is 0 Å². The number of likely N-dealkylation sites (N-methyl/N-ethyl adjacent to an activating group) is 1. The molecule has 0 amide bonds. The number of hydrogen-bond donors (Lipinski definition) is 1. The number of ether oxygens (including phenoxy) is 1. The molecule has 1 aliphatic rings. The summed E-state index contributed by atoms with van der Waals surface area (Å²) in [6.07, 6.45) is 4.86. The van der Waals surface area contributed by atoms with Crippen LogP contribution in [-0.4, -0.2) is 19.7 Å². The summed E-state index contributed by atoms with van der Waals surface area (Å²) in [5.41, 5.74) is 0. The van der Waals surface area contributed by atoms with Crippen LogP contribution in [0.4, 0.5) is 8.78 Å². The molecule has 0 radical (unpaired) electrons. The van der Waals surface area contributed by atoms with E-state index in [1.807, 2.05) is 7.05 Å². The van der Waals surface area contributed by atoms with Crippen molar-refractivity contribution in [2.45, 2.75) is 31.7 Å². The SMILES string of the molecule is CNC(COc1cc(F)ccc1F)C1CCCC1. The number of hydrogen-bond acceptors (Lipinski definition) is 2. The van der Waals surface area contributed by atoms with Gasteiger partial charge in [-0.05, 0) is 37.9 Å². The molecule has 0 spiro atoms. The second kappa shape index (κ2) is 6.14. The van der Waals surface area contributed by atoms with Crippen molar-refractivity contribution >= 4 is 0 Å². The minimum absolute atomic E-state index is 0.00625. The highest BCUT2D eigenvalue weighted by Gasteiger charge is 2.24. The van der Waals surface area contributed by atoms with Crippen molar-refractivity contribution in [1.82, 2.24) is 5.32 Å². The molecule has 0 heterocycles. The van der Waals surface area contributed by atoms with Gasteiger partial charge in [0, 0.05) is 12.1 Å². The molecule has 0 aliphatic heterocycles. The Bertz CT molecular complexity index is 391. The van der Waals surface area contributed by atoms with Gasteiger partial charge < -0.3 is 10.1 Å². The first-order valence-corrected chi connectivity index (χ1v) is 6.46. The molecular weight excluding hydrogens is 236 g/mol. The summed E-state index contributed by atoms with van der Waals surface area (Å²) in [5.74, 6) is -0.425. The fraction of sp³-hybridized carbons (Fsp3) is 0.571. The molecule has 0 bridgehead atoms.